The van der Waals surface area contributed by atoms with Crippen LogP contribution in [-0.2, 0) is 0 Å². The van der Waals surface area contributed by atoms with E-state index in [1.807, 2.05) is 18.2 Å². The number of aromatic nitrogens is 1. The molecular formula is C19H17N3O3S. The summed E-state index contributed by atoms with van der Waals surface area (Å²) in [6, 6.07) is 13.0. The van der Waals surface area contributed by atoms with Crippen LogP contribution in [0.1, 0.15) is 41.2 Å². The molecule has 1 fully saturated rings. The number of hydrogen-bond acceptors (Lipinski definition) is 6. The molecule has 1 aliphatic rings. The van der Waals surface area contributed by atoms with Crippen molar-refractivity contribution in [3.63, 3.8) is 0 Å². The lowest BCUT2D eigenvalue weighted by Gasteiger charge is -2.25. The Labute approximate surface area is 154 Å². The van der Waals surface area contributed by atoms with Gasteiger partial charge in [0, 0.05) is 18.3 Å². The van der Waals surface area contributed by atoms with Gasteiger partial charge in [0.1, 0.15) is 5.01 Å². The molecule has 0 amide bonds. The fourth-order valence-corrected chi connectivity index (χ4v) is 4.62. The molecule has 0 spiro atoms. The summed E-state index contributed by atoms with van der Waals surface area (Å²) < 4.78 is 1.16. The highest BCUT2D eigenvalue weighted by Crippen LogP contribution is 2.40. The average Bonchev–Trinajstić information content (AvgIpc) is 3.27. The van der Waals surface area contributed by atoms with Gasteiger partial charge in [-0.15, -0.1) is 11.3 Å². The fourth-order valence-electron chi connectivity index (χ4n) is 3.51. The Bertz CT molecular complexity index is 981. The number of rotatable bonds is 4. The molecule has 132 valence electrons. The highest BCUT2D eigenvalue weighted by atomic mass is 32.1. The van der Waals surface area contributed by atoms with E-state index >= 15 is 0 Å². The van der Waals surface area contributed by atoms with Crippen LogP contribution in [0.5, 0.6) is 0 Å². The van der Waals surface area contributed by atoms with Crippen molar-refractivity contribution in [3.05, 3.63) is 63.1 Å². The van der Waals surface area contributed by atoms with Gasteiger partial charge in [-0.25, -0.2) is 4.98 Å². The number of thiazole rings is 1. The monoisotopic (exact) mass is 367 g/mol. The molecule has 3 aromatic rings. The summed E-state index contributed by atoms with van der Waals surface area (Å²) >= 11 is 1.68. The molecule has 2 heterocycles. The van der Waals surface area contributed by atoms with E-state index in [9.17, 15) is 14.9 Å². The maximum atomic E-state index is 11.9. The number of carbonyl (C=O) groups is 1. The van der Waals surface area contributed by atoms with E-state index in [4.69, 9.17) is 4.98 Å². The van der Waals surface area contributed by atoms with Gasteiger partial charge >= 0.3 is 0 Å². The maximum absolute atomic E-state index is 11.9. The third kappa shape index (κ3) is 2.84. The zero-order valence-electron chi connectivity index (χ0n) is 14.2. The summed E-state index contributed by atoms with van der Waals surface area (Å²) in [5.74, 6) is -0.297. The Hall–Kier alpha value is -2.80. The Morgan fingerprint density at radius 1 is 1.31 bits per heavy atom. The van der Waals surface area contributed by atoms with Gasteiger partial charge in [-0.3, -0.25) is 14.9 Å². The second kappa shape index (κ2) is 6.49. The number of hydrogen-bond donors (Lipinski definition) is 0. The van der Waals surface area contributed by atoms with Gasteiger partial charge in [-0.05, 0) is 44.0 Å². The highest BCUT2D eigenvalue weighted by molar-refractivity contribution is 7.18. The molecule has 1 atom stereocenters. The van der Waals surface area contributed by atoms with Gasteiger partial charge < -0.3 is 4.90 Å². The Kier molecular flexibility index (Phi) is 4.16. The lowest BCUT2D eigenvalue weighted by atomic mass is 10.1. The smallest absolute Gasteiger partial charge is 0.280 e. The topological polar surface area (TPSA) is 76.3 Å². The molecule has 0 bridgehead atoms. The predicted molar refractivity (Wildman–Crippen MR) is 102 cm³/mol. The first-order valence-corrected chi connectivity index (χ1v) is 9.28. The quantitative estimate of drug-likeness (QED) is 0.378. The lowest BCUT2D eigenvalue weighted by Crippen LogP contribution is -2.22. The van der Waals surface area contributed by atoms with Crippen LogP contribution in [0.25, 0.3) is 10.2 Å². The average molecular weight is 367 g/mol. The molecule has 0 aliphatic carbocycles. The summed E-state index contributed by atoms with van der Waals surface area (Å²) in [7, 11) is 0. The third-order valence-corrected chi connectivity index (χ3v) is 5.87. The molecule has 1 aromatic heterocycles. The number of fused-ring (bicyclic) bond motifs is 1. The van der Waals surface area contributed by atoms with Crippen molar-refractivity contribution in [2.75, 3.05) is 11.4 Å². The minimum Gasteiger partial charge on any atom is -0.362 e. The first-order chi connectivity index (χ1) is 12.5. The summed E-state index contributed by atoms with van der Waals surface area (Å²) in [5, 5.41) is 12.2. The number of nitro groups is 1. The van der Waals surface area contributed by atoms with Crippen LogP contribution >= 0.6 is 11.3 Å². The molecule has 7 heteroatoms. The SMILES string of the molecule is CC(=O)c1cc(N2CCC[C@@H]2c2nc3ccccc3s2)ccc1[N+](=O)[O-]. The van der Waals surface area contributed by atoms with Gasteiger partial charge in [0.25, 0.3) is 5.69 Å². The van der Waals surface area contributed by atoms with Crippen LogP contribution in [0, 0.1) is 10.1 Å². The van der Waals surface area contributed by atoms with E-state index in [0.717, 1.165) is 40.3 Å². The Morgan fingerprint density at radius 2 is 2.12 bits per heavy atom. The normalized spacial score (nSPS) is 17.0. The fraction of sp³-hybridized carbons (Fsp3) is 0.263. The van der Waals surface area contributed by atoms with Crippen molar-refractivity contribution in [1.29, 1.82) is 0 Å². The number of ketones is 1. The van der Waals surface area contributed by atoms with Crippen LogP contribution in [0.3, 0.4) is 0 Å². The van der Waals surface area contributed by atoms with E-state index in [0.29, 0.717) is 0 Å². The highest BCUT2D eigenvalue weighted by Gasteiger charge is 2.30. The minimum atomic E-state index is -0.504. The second-order valence-corrected chi connectivity index (χ2v) is 7.45. The van der Waals surface area contributed by atoms with E-state index in [1.165, 1.54) is 13.0 Å². The first-order valence-electron chi connectivity index (χ1n) is 8.46. The van der Waals surface area contributed by atoms with Gasteiger partial charge in [-0.1, -0.05) is 12.1 Å². The van der Waals surface area contributed by atoms with Crippen molar-refractivity contribution < 1.29 is 9.72 Å². The molecule has 0 radical (unpaired) electrons. The van der Waals surface area contributed by atoms with Crippen LogP contribution in [-0.4, -0.2) is 22.2 Å². The number of Topliss-reactive ketones (excluding diaryl/α,β-unsaturated/α-hetero) is 1. The molecule has 0 N–H and O–H groups in total. The van der Waals surface area contributed by atoms with E-state index in [2.05, 4.69) is 11.0 Å². The maximum Gasteiger partial charge on any atom is 0.280 e. The predicted octanol–water partition coefficient (Wildman–Crippen LogP) is 4.75. The number of anilines is 1. The Balaban J connectivity index is 1.73. The summed E-state index contributed by atoms with van der Waals surface area (Å²) in [5.41, 5.74) is 1.84. The third-order valence-electron chi connectivity index (χ3n) is 4.74. The number of benzene rings is 2. The van der Waals surface area contributed by atoms with Gasteiger partial charge in [0.05, 0.1) is 26.7 Å². The van der Waals surface area contributed by atoms with Crippen LogP contribution in [0.2, 0.25) is 0 Å². The number of carbonyl (C=O) groups excluding carboxylic acids is 1. The molecule has 4 rings (SSSR count). The van der Waals surface area contributed by atoms with E-state index in [1.54, 1.807) is 23.5 Å². The zero-order valence-corrected chi connectivity index (χ0v) is 15.0. The van der Waals surface area contributed by atoms with Gasteiger partial charge in [0.15, 0.2) is 5.78 Å². The summed E-state index contributed by atoms with van der Waals surface area (Å²) in [6.07, 6.45) is 2.00. The minimum absolute atomic E-state index is 0.133. The van der Waals surface area contributed by atoms with Gasteiger partial charge in [-0.2, -0.15) is 0 Å². The van der Waals surface area contributed by atoms with E-state index in [-0.39, 0.29) is 23.1 Å². The summed E-state index contributed by atoms with van der Waals surface area (Å²) in [4.78, 5) is 29.5. The number of para-hydroxylation sites is 1. The molecule has 2 aromatic carbocycles. The molecule has 1 aliphatic heterocycles. The van der Waals surface area contributed by atoms with Crippen molar-refractivity contribution in [2.24, 2.45) is 0 Å². The lowest BCUT2D eigenvalue weighted by molar-refractivity contribution is -0.385. The Morgan fingerprint density at radius 3 is 2.85 bits per heavy atom. The molecule has 26 heavy (non-hydrogen) atoms. The van der Waals surface area contributed by atoms with Crippen LogP contribution < -0.4 is 4.90 Å². The molecule has 0 unspecified atom stereocenters. The van der Waals surface area contributed by atoms with E-state index < -0.39 is 4.92 Å². The number of nitrogens with zero attached hydrogens (tertiary/aromatic N) is 3. The molecular weight excluding hydrogens is 350 g/mol. The second-order valence-electron chi connectivity index (χ2n) is 6.39. The van der Waals surface area contributed by atoms with Crippen molar-refractivity contribution in [2.45, 2.75) is 25.8 Å². The van der Waals surface area contributed by atoms with Crippen molar-refractivity contribution in [3.8, 4) is 0 Å². The zero-order chi connectivity index (χ0) is 18.3. The number of nitro benzene ring substituents is 1. The van der Waals surface area contributed by atoms with Crippen molar-refractivity contribution in [1.82, 2.24) is 4.98 Å². The van der Waals surface area contributed by atoms with Crippen LogP contribution in [0.15, 0.2) is 42.5 Å². The largest absolute Gasteiger partial charge is 0.362 e. The standard InChI is InChI=1S/C19H17N3O3S/c1-12(23)14-11-13(8-9-16(14)22(24)25)21-10-4-6-17(21)19-20-15-5-2-3-7-18(15)26-19/h2-3,5,7-9,11,17H,4,6,10H2,1H3/t17-/m1/s1. The first kappa shape index (κ1) is 16.7. The summed E-state index contributed by atoms with van der Waals surface area (Å²) in [6.45, 7) is 2.21. The molecule has 1 saturated heterocycles. The van der Waals surface area contributed by atoms with Crippen LogP contribution in [0.4, 0.5) is 11.4 Å². The van der Waals surface area contributed by atoms with Crippen molar-refractivity contribution >= 4 is 38.7 Å². The molecule has 0 saturated carbocycles. The molecule has 6 nitrogen and oxygen atoms in total. The van der Waals surface area contributed by atoms with Gasteiger partial charge in [0.2, 0.25) is 0 Å².